The van der Waals surface area contributed by atoms with Crippen molar-refractivity contribution < 1.29 is 4.79 Å². The molecular weight excluding hydrogens is 296 g/mol. The Labute approximate surface area is 132 Å². The maximum atomic E-state index is 12.6. The number of hydrogen-bond acceptors (Lipinski definition) is 3. The maximum Gasteiger partial charge on any atom is 0.269 e. The minimum atomic E-state index is -0.773. The van der Waals surface area contributed by atoms with Gasteiger partial charge in [0.15, 0.2) is 6.04 Å². The zero-order valence-electron chi connectivity index (χ0n) is 12.4. The molecule has 1 aromatic heterocycles. The smallest absolute Gasteiger partial charge is 0.269 e. The van der Waals surface area contributed by atoms with Crippen molar-refractivity contribution in [2.75, 3.05) is 0 Å². The summed E-state index contributed by atoms with van der Waals surface area (Å²) < 4.78 is 2.33. The molecule has 1 unspecified atom stereocenters. The number of carbonyl (C=O) groups is 1. The Balaban J connectivity index is 2.25. The van der Waals surface area contributed by atoms with Gasteiger partial charge in [-0.05, 0) is 37.1 Å². The highest BCUT2D eigenvalue weighted by molar-refractivity contribution is 7.14. The van der Waals surface area contributed by atoms with Crippen LogP contribution in [0.5, 0.6) is 0 Å². The molecule has 0 fully saturated rings. The van der Waals surface area contributed by atoms with E-state index in [2.05, 4.69) is 0 Å². The van der Waals surface area contributed by atoms with E-state index in [1.807, 2.05) is 50.2 Å². The molecule has 2 aromatic carbocycles. The van der Waals surface area contributed by atoms with Gasteiger partial charge in [-0.15, -0.1) is 0 Å². The fraction of sp³-hybridized carbons (Fsp3) is 0.176. The van der Waals surface area contributed by atoms with Gasteiger partial charge in [0.2, 0.25) is 5.91 Å². The highest BCUT2D eigenvalue weighted by Gasteiger charge is 2.25. The van der Waals surface area contributed by atoms with Crippen LogP contribution in [0.1, 0.15) is 22.7 Å². The van der Waals surface area contributed by atoms with Gasteiger partial charge in [0.1, 0.15) is 0 Å². The lowest BCUT2D eigenvalue weighted by Gasteiger charge is -2.16. The minimum absolute atomic E-state index is 0.177. The Bertz CT molecular complexity index is 924. The van der Waals surface area contributed by atoms with Crippen molar-refractivity contribution in [3.63, 3.8) is 0 Å². The monoisotopic (exact) mass is 312 g/mol. The van der Waals surface area contributed by atoms with Gasteiger partial charge < -0.3 is 5.73 Å². The second kappa shape index (κ2) is 5.42. The van der Waals surface area contributed by atoms with E-state index in [1.165, 1.54) is 15.5 Å². The molecule has 0 bridgehead atoms. The van der Waals surface area contributed by atoms with Crippen molar-refractivity contribution in [2.45, 2.75) is 19.9 Å². The van der Waals surface area contributed by atoms with Crippen molar-refractivity contribution in [1.82, 2.24) is 3.96 Å². The lowest BCUT2D eigenvalue weighted by atomic mass is 9.99. The van der Waals surface area contributed by atoms with E-state index in [-0.39, 0.29) is 5.56 Å². The van der Waals surface area contributed by atoms with E-state index >= 15 is 0 Å². The Morgan fingerprint density at radius 2 is 1.91 bits per heavy atom. The Morgan fingerprint density at radius 3 is 2.55 bits per heavy atom. The lowest BCUT2D eigenvalue weighted by molar-refractivity contribution is -0.119. The van der Waals surface area contributed by atoms with Gasteiger partial charge in [0.05, 0.1) is 10.1 Å². The zero-order valence-corrected chi connectivity index (χ0v) is 13.2. The third-order valence-electron chi connectivity index (χ3n) is 3.74. The maximum absolute atomic E-state index is 12.6. The number of amides is 1. The van der Waals surface area contributed by atoms with Gasteiger partial charge in [-0.3, -0.25) is 9.59 Å². The second-order valence-electron chi connectivity index (χ2n) is 5.38. The Hall–Kier alpha value is -2.40. The van der Waals surface area contributed by atoms with Crippen LogP contribution in [-0.2, 0) is 4.79 Å². The molecule has 2 N–H and O–H groups in total. The number of benzene rings is 2. The molecular formula is C17H16N2O2S. The van der Waals surface area contributed by atoms with Crippen molar-refractivity contribution in [1.29, 1.82) is 0 Å². The predicted octanol–water partition coefficient (Wildman–Crippen LogP) is 2.75. The summed E-state index contributed by atoms with van der Waals surface area (Å²) in [5.41, 5.74) is 8.26. The number of hydrogen-bond donors (Lipinski definition) is 1. The third kappa shape index (κ3) is 2.33. The van der Waals surface area contributed by atoms with Gasteiger partial charge in [-0.1, -0.05) is 47.4 Å². The van der Waals surface area contributed by atoms with E-state index < -0.39 is 11.9 Å². The summed E-state index contributed by atoms with van der Waals surface area (Å²) in [6.45, 7) is 3.91. The fourth-order valence-corrected chi connectivity index (χ4v) is 3.80. The second-order valence-corrected chi connectivity index (χ2v) is 6.40. The Morgan fingerprint density at radius 1 is 1.18 bits per heavy atom. The quantitative estimate of drug-likeness (QED) is 0.808. The molecule has 0 radical (unpaired) electrons. The standard InChI is InChI=1S/C17H16N2O2S/c1-10-7-8-12(11(2)9-10)15(16(18)20)19-17(21)13-5-3-4-6-14(13)22-19/h3-9,15H,1-2H3,(H2,18,20). The summed E-state index contributed by atoms with van der Waals surface area (Å²) in [4.78, 5) is 24.6. The minimum Gasteiger partial charge on any atom is -0.368 e. The first kappa shape index (κ1) is 14.5. The molecule has 5 heteroatoms. The molecule has 1 heterocycles. The molecule has 112 valence electrons. The first-order valence-corrected chi connectivity index (χ1v) is 7.73. The normalized spacial score (nSPS) is 12.5. The molecule has 0 aliphatic rings. The molecule has 22 heavy (non-hydrogen) atoms. The summed E-state index contributed by atoms with van der Waals surface area (Å²) in [6, 6.07) is 12.3. The van der Waals surface area contributed by atoms with E-state index in [9.17, 15) is 9.59 Å². The predicted molar refractivity (Wildman–Crippen MR) is 89.3 cm³/mol. The number of nitrogens with zero attached hydrogens (tertiary/aromatic N) is 1. The van der Waals surface area contributed by atoms with Crippen molar-refractivity contribution in [3.05, 3.63) is 69.5 Å². The molecule has 0 saturated carbocycles. The average Bonchev–Trinajstić information content (AvgIpc) is 2.79. The number of primary amides is 1. The van der Waals surface area contributed by atoms with Crippen LogP contribution in [-0.4, -0.2) is 9.86 Å². The van der Waals surface area contributed by atoms with Crippen LogP contribution in [0, 0.1) is 13.8 Å². The molecule has 0 aliphatic heterocycles. The topological polar surface area (TPSA) is 65.1 Å². The molecule has 1 amide bonds. The fourth-order valence-electron chi connectivity index (χ4n) is 2.69. The number of aromatic nitrogens is 1. The molecule has 0 saturated heterocycles. The summed E-state index contributed by atoms with van der Waals surface area (Å²) in [7, 11) is 0. The van der Waals surface area contributed by atoms with Gasteiger partial charge >= 0.3 is 0 Å². The van der Waals surface area contributed by atoms with Crippen LogP contribution in [0.3, 0.4) is 0 Å². The molecule has 3 rings (SSSR count). The first-order chi connectivity index (χ1) is 10.5. The number of fused-ring (bicyclic) bond motifs is 1. The van der Waals surface area contributed by atoms with Crippen LogP contribution in [0.25, 0.3) is 10.1 Å². The summed E-state index contributed by atoms with van der Waals surface area (Å²) in [6.07, 6.45) is 0. The van der Waals surface area contributed by atoms with Crippen LogP contribution in [0.15, 0.2) is 47.3 Å². The largest absolute Gasteiger partial charge is 0.368 e. The SMILES string of the molecule is Cc1ccc(C(C(N)=O)n2sc3ccccc3c2=O)c(C)c1. The molecule has 1 atom stereocenters. The Kier molecular flexibility index (Phi) is 3.58. The highest BCUT2D eigenvalue weighted by atomic mass is 32.1. The molecule has 4 nitrogen and oxygen atoms in total. The summed E-state index contributed by atoms with van der Waals surface area (Å²) >= 11 is 1.27. The van der Waals surface area contributed by atoms with Gasteiger partial charge in [0.25, 0.3) is 5.56 Å². The number of carbonyl (C=O) groups excluding carboxylic acids is 1. The lowest BCUT2D eigenvalue weighted by Crippen LogP contribution is -2.32. The number of rotatable bonds is 3. The van der Waals surface area contributed by atoms with E-state index in [0.717, 1.165) is 21.4 Å². The van der Waals surface area contributed by atoms with Crippen LogP contribution >= 0.6 is 11.5 Å². The van der Waals surface area contributed by atoms with E-state index in [0.29, 0.717) is 5.39 Å². The molecule has 3 aromatic rings. The summed E-state index contributed by atoms with van der Waals surface area (Å²) in [5.74, 6) is -0.527. The summed E-state index contributed by atoms with van der Waals surface area (Å²) in [5, 5.41) is 0.614. The third-order valence-corrected chi connectivity index (χ3v) is 4.86. The first-order valence-electron chi connectivity index (χ1n) is 6.96. The zero-order chi connectivity index (χ0) is 15.9. The van der Waals surface area contributed by atoms with Gasteiger partial charge in [-0.2, -0.15) is 0 Å². The van der Waals surface area contributed by atoms with Crippen molar-refractivity contribution >= 4 is 27.5 Å². The van der Waals surface area contributed by atoms with Crippen LogP contribution in [0.4, 0.5) is 0 Å². The van der Waals surface area contributed by atoms with E-state index in [1.54, 1.807) is 6.07 Å². The van der Waals surface area contributed by atoms with Crippen LogP contribution in [0.2, 0.25) is 0 Å². The number of nitrogens with two attached hydrogens (primary N) is 1. The average molecular weight is 312 g/mol. The molecule has 0 aliphatic carbocycles. The van der Waals surface area contributed by atoms with Crippen molar-refractivity contribution in [3.8, 4) is 0 Å². The van der Waals surface area contributed by atoms with Crippen LogP contribution < -0.4 is 11.3 Å². The van der Waals surface area contributed by atoms with E-state index in [4.69, 9.17) is 5.73 Å². The van der Waals surface area contributed by atoms with Gasteiger partial charge in [-0.25, -0.2) is 3.96 Å². The van der Waals surface area contributed by atoms with Crippen molar-refractivity contribution in [2.24, 2.45) is 5.73 Å². The molecule has 0 spiro atoms. The number of aryl methyl sites for hydroxylation is 2. The highest BCUT2D eigenvalue weighted by Crippen LogP contribution is 2.26. The van der Waals surface area contributed by atoms with Gasteiger partial charge in [0, 0.05) is 0 Å².